The summed E-state index contributed by atoms with van der Waals surface area (Å²) in [7, 11) is 0. The van der Waals surface area contributed by atoms with Gasteiger partial charge in [-0.15, -0.1) is 0 Å². The Hall–Kier alpha value is -1.81. The fourth-order valence-corrected chi connectivity index (χ4v) is 2.07. The number of ether oxygens (including phenoxy) is 1. The molecular weight excluding hydrogens is 238 g/mol. The highest BCUT2D eigenvalue weighted by Gasteiger charge is 2.08. The summed E-state index contributed by atoms with van der Waals surface area (Å²) in [5.74, 6) is 0.851. The lowest BCUT2D eigenvalue weighted by Gasteiger charge is -2.14. The molecule has 1 heterocycles. The van der Waals surface area contributed by atoms with Crippen LogP contribution in [0.1, 0.15) is 36.7 Å². The van der Waals surface area contributed by atoms with Gasteiger partial charge >= 0.3 is 0 Å². The lowest BCUT2D eigenvalue weighted by Crippen LogP contribution is -2.08. The molecule has 0 saturated heterocycles. The second-order valence-electron chi connectivity index (χ2n) is 4.99. The van der Waals surface area contributed by atoms with Gasteiger partial charge in [-0.3, -0.25) is 0 Å². The van der Waals surface area contributed by atoms with Crippen LogP contribution < -0.4 is 10.5 Å². The minimum atomic E-state index is 0.382. The Morgan fingerprint density at radius 1 is 1.37 bits per heavy atom. The fraction of sp³-hybridized carbons (Fsp3) is 0.400. The Bertz CT molecular complexity index is 546. The van der Waals surface area contributed by atoms with Crippen molar-refractivity contribution < 1.29 is 4.74 Å². The summed E-state index contributed by atoms with van der Waals surface area (Å²) in [6.45, 7) is 7.30. The van der Waals surface area contributed by atoms with Crippen molar-refractivity contribution >= 4 is 0 Å². The van der Waals surface area contributed by atoms with Crippen LogP contribution in [0.5, 0.6) is 5.75 Å². The Morgan fingerprint density at radius 2 is 2.16 bits per heavy atom. The van der Waals surface area contributed by atoms with Crippen LogP contribution in [0.15, 0.2) is 30.7 Å². The third-order valence-corrected chi connectivity index (χ3v) is 3.11. The van der Waals surface area contributed by atoms with Gasteiger partial charge < -0.3 is 15.0 Å². The molecule has 0 radical (unpaired) electrons. The smallest absolute Gasteiger partial charge is 0.130 e. The van der Waals surface area contributed by atoms with Crippen molar-refractivity contribution in [3.05, 3.63) is 47.5 Å². The number of benzene rings is 1. The maximum Gasteiger partial charge on any atom is 0.130 e. The van der Waals surface area contributed by atoms with Crippen LogP contribution in [0, 0.1) is 6.92 Å². The van der Waals surface area contributed by atoms with Gasteiger partial charge in [-0.1, -0.05) is 17.7 Å². The third kappa shape index (κ3) is 3.15. The molecule has 0 unspecified atom stereocenters. The van der Waals surface area contributed by atoms with Gasteiger partial charge in [0.15, 0.2) is 0 Å². The van der Waals surface area contributed by atoms with Crippen LogP contribution in [0.2, 0.25) is 0 Å². The molecular formula is C15H21N3O. The Labute approximate surface area is 114 Å². The van der Waals surface area contributed by atoms with Gasteiger partial charge in [0, 0.05) is 18.2 Å². The van der Waals surface area contributed by atoms with E-state index in [1.807, 2.05) is 24.7 Å². The van der Waals surface area contributed by atoms with E-state index in [0.29, 0.717) is 19.2 Å². The predicted molar refractivity (Wildman–Crippen MR) is 76.0 cm³/mol. The van der Waals surface area contributed by atoms with Crippen molar-refractivity contribution in [2.45, 2.75) is 40.0 Å². The predicted octanol–water partition coefficient (Wildman–Crippen LogP) is 2.81. The normalized spacial score (nSPS) is 11.0. The summed E-state index contributed by atoms with van der Waals surface area (Å²) in [4.78, 5) is 4.17. The zero-order valence-electron chi connectivity index (χ0n) is 11.8. The molecule has 2 aromatic rings. The number of nitrogens with zero attached hydrogens (tertiary/aromatic N) is 2. The Balaban J connectivity index is 2.12. The maximum atomic E-state index is 5.88. The first-order valence-corrected chi connectivity index (χ1v) is 6.55. The highest BCUT2D eigenvalue weighted by molar-refractivity contribution is 5.36. The summed E-state index contributed by atoms with van der Waals surface area (Å²) < 4.78 is 7.98. The lowest BCUT2D eigenvalue weighted by molar-refractivity contribution is 0.289. The SMILES string of the molecule is Cc1ccc(OCc2cncn2C(C)C)c(CN)c1. The molecule has 0 amide bonds. The van der Waals surface area contributed by atoms with E-state index >= 15 is 0 Å². The first-order chi connectivity index (χ1) is 9.11. The van der Waals surface area contributed by atoms with E-state index in [-0.39, 0.29) is 0 Å². The topological polar surface area (TPSA) is 53.1 Å². The van der Waals surface area contributed by atoms with E-state index < -0.39 is 0 Å². The zero-order chi connectivity index (χ0) is 13.8. The molecule has 0 aliphatic carbocycles. The largest absolute Gasteiger partial charge is 0.487 e. The number of hydrogen-bond donors (Lipinski definition) is 1. The van der Waals surface area contributed by atoms with Crippen molar-refractivity contribution in [1.82, 2.24) is 9.55 Å². The highest BCUT2D eigenvalue weighted by Crippen LogP contribution is 2.21. The number of aromatic nitrogens is 2. The van der Waals surface area contributed by atoms with Gasteiger partial charge in [0.25, 0.3) is 0 Å². The van der Waals surface area contributed by atoms with E-state index in [2.05, 4.69) is 36.4 Å². The second-order valence-corrected chi connectivity index (χ2v) is 4.99. The molecule has 0 aliphatic heterocycles. The summed E-state index contributed by atoms with van der Waals surface area (Å²) in [5, 5.41) is 0. The molecule has 0 atom stereocenters. The number of hydrogen-bond acceptors (Lipinski definition) is 3. The minimum absolute atomic E-state index is 0.382. The van der Waals surface area contributed by atoms with Crippen molar-refractivity contribution in [3.8, 4) is 5.75 Å². The number of imidazole rings is 1. The van der Waals surface area contributed by atoms with Crippen LogP contribution in [-0.2, 0) is 13.2 Å². The van der Waals surface area contributed by atoms with Crippen LogP contribution in [0.3, 0.4) is 0 Å². The standard InChI is InChI=1S/C15H21N3O/c1-11(2)18-10-17-8-14(18)9-19-15-5-4-12(3)6-13(15)7-16/h4-6,8,10-11H,7,9,16H2,1-3H3. The molecule has 19 heavy (non-hydrogen) atoms. The van der Waals surface area contributed by atoms with E-state index in [0.717, 1.165) is 17.0 Å². The molecule has 0 aliphatic rings. The van der Waals surface area contributed by atoms with E-state index in [1.54, 1.807) is 0 Å². The monoisotopic (exact) mass is 259 g/mol. The van der Waals surface area contributed by atoms with Crippen molar-refractivity contribution in [2.75, 3.05) is 0 Å². The van der Waals surface area contributed by atoms with Gasteiger partial charge in [0.05, 0.1) is 18.2 Å². The average molecular weight is 259 g/mol. The van der Waals surface area contributed by atoms with Gasteiger partial charge in [-0.2, -0.15) is 0 Å². The maximum absolute atomic E-state index is 5.88. The van der Waals surface area contributed by atoms with Gasteiger partial charge in [0.1, 0.15) is 12.4 Å². The minimum Gasteiger partial charge on any atom is -0.487 e. The van der Waals surface area contributed by atoms with E-state index in [1.165, 1.54) is 5.56 Å². The Morgan fingerprint density at radius 3 is 2.84 bits per heavy atom. The second kappa shape index (κ2) is 5.89. The summed E-state index contributed by atoms with van der Waals surface area (Å²) in [6, 6.07) is 6.46. The van der Waals surface area contributed by atoms with E-state index in [4.69, 9.17) is 10.5 Å². The van der Waals surface area contributed by atoms with Gasteiger partial charge in [0.2, 0.25) is 0 Å². The summed E-state index contributed by atoms with van der Waals surface area (Å²) >= 11 is 0. The first-order valence-electron chi connectivity index (χ1n) is 6.55. The van der Waals surface area contributed by atoms with Crippen LogP contribution in [0.25, 0.3) is 0 Å². The number of nitrogens with two attached hydrogens (primary N) is 1. The quantitative estimate of drug-likeness (QED) is 0.898. The first kappa shape index (κ1) is 13.6. The van der Waals surface area contributed by atoms with Gasteiger partial charge in [-0.05, 0) is 26.8 Å². The molecule has 1 aromatic heterocycles. The summed E-state index contributed by atoms with van der Waals surface area (Å²) in [6.07, 6.45) is 3.68. The zero-order valence-corrected chi connectivity index (χ0v) is 11.8. The van der Waals surface area contributed by atoms with Crippen LogP contribution >= 0.6 is 0 Å². The molecule has 0 spiro atoms. The molecule has 2 rings (SSSR count). The van der Waals surface area contributed by atoms with Crippen LogP contribution in [-0.4, -0.2) is 9.55 Å². The molecule has 2 N–H and O–H groups in total. The highest BCUT2D eigenvalue weighted by atomic mass is 16.5. The van der Waals surface area contributed by atoms with Crippen molar-refractivity contribution in [3.63, 3.8) is 0 Å². The van der Waals surface area contributed by atoms with Crippen molar-refractivity contribution in [1.29, 1.82) is 0 Å². The molecule has 4 nitrogen and oxygen atoms in total. The molecule has 0 saturated carbocycles. The molecule has 4 heteroatoms. The molecule has 0 bridgehead atoms. The molecule has 0 fully saturated rings. The van der Waals surface area contributed by atoms with Gasteiger partial charge in [-0.25, -0.2) is 4.98 Å². The summed E-state index contributed by atoms with van der Waals surface area (Å²) in [5.41, 5.74) is 9.05. The lowest BCUT2D eigenvalue weighted by atomic mass is 10.1. The average Bonchev–Trinajstić information content (AvgIpc) is 2.85. The number of aryl methyl sites for hydroxylation is 1. The van der Waals surface area contributed by atoms with Crippen molar-refractivity contribution in [2.24, 2.45) is 5.73 Å². The van der Waals surface area contributed by atoms with E-state index in [9.17, 15) is 0 Å². The third-order valence-electron chi connectivity index (χ3n) is 3.11. The van der Waals surface area contributed by atoms with Crippen LogP contribution in [0.4, 0.5) is 0 Å². The molecule has 102 valence electrons. The fourth-order valence-electron chi connectivity index (χ4n) is 2.07. The molecule has 1 aromatic carbocycles. The Kier molecular flexibility index (Phi) is 4.22. The number of rotatable bonds is 5.